The molecule has 1 fully saturated rings. The van der Waals surface area contributed by atoms with Crippen molar-refractivity contribution in [1.29, 1.82) is 0 Å². The number of halogens is 2. The Morgan fingerprint density at radius 1 is 1.12 bits per heavy atom. The van der Waals surface area contributed by atoms with Gasteiger partial charge in [0, 0.05) is 0 Å². The van der Waals surface area contributed by atoms with E-state index in [0.29, 0.717) is 28.1 Å². The Morgan fingerprint density at radius 2 is 1.85 bits per heavy atom. The quantitative estimate of drug-likeness (QED) is 0.296. The third-order valence-corrected chi connectivity index (χ3v) is 6.31. The zero-order valence-corrected chi connectivity index (χ0v) is 19.9. The van der Waals surface area contributed by atoms with Crippen LogP contribution in [-0.4, -0.2) is 22.2 Å². The molecule has 1 aliphatic rings. The van der Waals surface area contributed by atoms with Crippen molar-refractivity contribution < 1.29 is 23.8 Å². The van der Waals surface area contributed by atoms with Crippen LogP contribution in [0.4, 0.5) is 10.1 Å². The van der Waals surface area contributed by atoms with Crippen LogP contribution in [0.3, 0.4) is 0 Å². The number of carbonyl (C=O) groups excluding carboxylic acids is 1. The topological polar surface area (TPSA) is 88.0 Å². The molecule has 1 aliphatic heterocycles. The number of amidine groups is 1. The largest absolute Gasteiger partial charge is 0.488 e. The predicted octanol–water partition coefficient (Wildman–Crippen LogP) is 5.60. The van der Waals surface area contributed by atoms with Crippen LogP contribution in [0.1, 0.15) is 21.5 Å². The Kier molecular flexibility index (Phi) is 7.09. The van der Waals surface area contributed by atoms with Crippen molar-refractivity contribution in [2.24, 2.45) is 4.99 Å². The zero-order valence-electron chi connectivity index (χ0n) is 16.9. The van der Waals surface area contributed by atoms with Gasteiger partial charge in [0.15, 0.2) is 5.17 Å². The number of carboxylic acids is 1. The molecule has 1 amide bonds. The summed E-state index contributed by atoms with van der Waals surface area (Å²) in [6.45, 7) is 0.303. The van der Waals surface area contributed by atoms with Gasteiger partial charge in [0.1, 0.15) is 18.2 Å². The number of carbonyl (C=O) groups is 2. The highest BCUT2D eigenvalue weighted by molar-refractivity contribution is 14.1. The second-order valence-electron chi connectivity index (χ2n) is 6.94. The number of carboxylic acid groups (broad SMARTS) is 1. The number of nitrogens with one attached hydrogen (secondary N) is 1. The van der Waals surface area contributed by atoms with Gasteiger partial charge in [-0.1, -0.05) is 18.2 Å². The van der Waals surface area contributed by atoms with Gasteiger partial charge in [0.2, 0.25) is 0 Å². The van der Waals surface area contributed by atoms with E-state index in [-0.39, 0.29) is 17.3 Å². The summed E-state index contributed by atoms with van der Waals surface area (Å²) in [5, 5.41) is 12.1. The minimum absolute atomic E-state index is 0.227. The van der Waals surface area contributed by atoms with Gasteiger partial charge in [-0.2, -0.15) is 0 Å². The Morgan fingerprint density at radius 3 is 2.52 bits per heavy atom. The molecule has 0 radical (unpaired) electrons. The van der Waals surface area contributed by atoms with Crippen molar-refractivity contribution >= 4 is 63.2 Å². The van der Waals surface area contributed by atoms with Crippen LogP contribution in [0.2, 0.25) is 0 Å². The smallest absolute Gasteiger partial charge is 0.335 e. The second kappa shape index (κ2) is 10.2. The Hall–Kier alpha value is -3.18. The molecule has 1 saturated heterocycles. The summed E-state index contributed by atoms with van der Waals surface area (Å²) in [6.07, 6.45) is 1.77. The first kappa shape index (κ1) is 23.0. The van der Waals surface area contributed by atoms with Gasteiger partial charge in [-0.3, -0.25) is 4.79 Å². The minimum Gasteiger partial charge on any atom is -0.488 e. The molecule has 6 nitrogen and oxygen atoms in total. The number of benzene rings is 3. The molecule has 2 N–H and O–H groups in total. The number of amides is 1. The van der Waals surface area contributed by atoms with Crippen molar-refractivity contribution in [3.05, 3.63) is 97.7 Å². The number of hydrogen-bond donors (Lipinski definition) is 2. The number of hydrogen-bond acceptors (Lipinski definition) is 5. The van der Waals surface area contributed by atoms with Gasteiger partial charge in [-0.15, -0.1) is 0 Å². The molecular weight excluding hydrogens is 558 g/mol. The molecule has 3 aromatic carbocycles. The van der Waals surface area contributed by atoms with Crippen LogP contribution in [0, 0.1) is 9.39 Å². The number of nitrogens with zero attached hydrogens (tertiary/aromatic N) is 1. The molecule has 9 heteroatoms. The summed E-state index contributed by atoms with van der Waals surface area (Å²) in [7, 11) is 0. The van der Waals surface area contributed by atoms with Gasteiger partial charge in [0.05, 0.1) is 19.7 Å². The van der Waals surface area contributed by atoms with E-state index in [1.807, 2.05) is 18.2 Å². The maximum Gasteiger partial charge on any atom is 0.335 e. The summed E-state index contributed by atoms with van der Waals surface area (Å²) in [6, 6.07) is 17.8. The SMILES string of the molecule is O=C1NC(=Nc2ccc(F)cc2)S/C1=C\c1ccc(OCc2ccc(C(=O)O)cc2)c(I)c1. The summed E-state index contributed by atoms with van der Waals surface area (Å²) in [5.41, 5.74) is 2.46. The second-order valence-corrected chi connectivity index (χ2v) is 9.13. The molecule has 0 aromatic heterocycles. The molecule has 0 unspecified atom stereocenters. The fourth-order valence-electron chi connectivity index (χ4n) is 2.89. The monoisotopic (exact) mass is 574 g/mol. The van der Waals surface area contributed by atoms with Crippen molar-refractivity contribution in [1.82, 2.24) is 5.32 Å². The lowest BCUT2D eigenvalue weighted by molar-refractivity contribution is -0.115. The third kappa shape index (κ3) is 5.99. The molecule has 0 atom stereocenters. The lowest BCUT2D eigenvalue weighted by Crippen LogP contribution is -2.19. The Bertz CT molecular complexity index is 1270. The van der Waals surface area contributed by atoms with Crippen LogP contribution in [0.5, 0.6) is 5.75 Å². The predicted molar refractivity (Wildman–Crippen MR) is 134 cm³/mol. The van der Waals surface area contributed by atoms with Crippen molar-refractivity contribution in [2.45, 2.75) is 6.61 Å². The molecule has 1 heterocycles. The first-order valence-corrected chi connectivity index (χ1v) is 11.6. The van der Waals surface area contributed by atoms with E-state index < -0.39 is 5.97 Å². The van der Waals surface area contributed by atoms with Gasteiger partial charge >= 0.3 is 5.97 Å². The van der Waals surface area contributed by atoms with Crippen molar-refractivity contribution in [3.8, 4) is 5.75 Å². The van der Waals surface area contributed by atoms with Crippen LogP contribution in [-0.2, 0) is 11.4 Å². The maximum absolute atomic E-state index is 13.0. The average molecular weight is 574 g/mol. The molecule has 4 rings (SSSR count). The summed E-state index contributed by atoms with van der Waals surface area (Å²) in [4.78, 5) is 28.1. The third-order valence-electron chi connectivity index (χ3n) is 4.56. The normalized spacial score (nSPS) is 15.6. The number of aromatic carboxylic acids is 1. The molecule has 3 aromatic rings. The molecule has 33 heavy (non-hydrogen) atoms. The molecule has 0 aliphatic carbocycles. The van der Waals surface area contributed by atoms with Crippen LogP contribution in [0.25, 0.3) is 6.08 Å². The molecule has 166 valence electrons. The van der Waals surface area contributed by atoms with E-state index in [1.54, 1.807) is 42.5 Å². The van der Waals surface area contributed by atoms with Crippen LogP contribution in [0.15, 0.2) is 76.6 Å². The molecule has 0 spiro atoms. The first-order valence-electron chi connectivity index (χ1n) is 9.67. The number of rotatable bonds is 6. The van der Waals surface area contributed by atoms with Gasteiger partial charge in [0.25, 0.3) is 5.91 Å². The summed E-state index contributed by atoms with van der Waals surface area (Å²) >= 11 is 3.38. The first-order chi connectivity index (χ1) is 15.9. The molecule has 0 saturated carbocycles. The molecule has 0 bridgehead atoms. The Balaban J connectivity index is 1.42. The summed E-state index contributed by atoms with van der Waals surface area (Å²) in [5.74, 6) is -0.881. The number of ether oxygens (including phenoxy) is 1. The van der Waals surface area contributed by atoms with E-state index >= 15 is 0 Å². The van der Waals surface area contributed by atoms with E-state index in [1.165, 1.54) is 23.9 Å². The summed E-state index contributed by atoms with van der Waals surface area (Å²) < 4.78 is 19.8. The number of aliphatic imine (C=N–C) groups is 1. The van der Waals surface area contributed by atoms with Crippen molar-refractivity contribution in [2.75, 3.05) is 0 Å². The fourth-order valence-corrected chi connectivity index (χ4v) is 4.43. The van der Waals surface area contributed by atoms with Gasteiger partial charge in [-0.05, 0) is 100 Å². The average Bonchev–Trinajstić information content (AvgIpc) is 3.13. The zero-order chi connectivity index (χ0) is 23.4. The van der Waals surface area contributed by atoms with Crippen LogP contribution < -0.4 is 10.1 Å². The van der Waals surface area contributed by atoms with Crippen molar-refractivity contribution in [3.63, 3.8) is 0 Å². The standard InChI is InChI=1S/C24H16FIN2O4S/c25-17-6-8-18(9-7-17)27-24-28-22(29)21(33-24)12-15-3-10-20(19(26)11-15)32-13-14-1-4-16(5-2-14)23(30)31/h1-12H,13H2,(H,30,31)(H,27,28,29)/b21-12-. The minimum atomic E-state index is -0.968. The van der Waals surface area contributed by atoms with Gasteiger partial charge in [-0.25, -0.2) is 14.2 Å². The number of thioether (sulfide) groups is 1. The van der Waals surface area contributed by atoms with E-state index in [4.69, 9.17) is 9.84 Å². The lowest BCUT2D eigenvalue weighted by atomic mass is 10.1. The Labute approximate surface area is 206 Å². The van der Waals surface area contributed by atoms with E-state index in [0.717, 1.165) is 14.7 Å². The fraction of sp³-hybridized carbons (Fsp3) is 0.0417. The van der Waals surface area contributed by atoms with Crippen LogP contribution >= 0.6 is 34.4 Å². The lowest BCUT2D eigenvalue weighted by Gasteiger charge is -2.09. The van der Waals surface area contributed by atoms with E-state index in [2.05, 4.69) is 32.9 Å². The molecular formula is C24H16FIN2O4S. The highest BCUT2D eigenvalue weighted by Gasteiger charge is 2.24. The highest BCUT2D eigenvalue weighted by atomic mass is 127. The van der Waals surface area contributed by atoms with E-state index in [9.17, 15) is 14.0 Å². The highest BCUT2D eigenvalue weighted by Crippen LogP contribution is 2.30. The maximum atomic E-state index is 13.0. The van der Waals surface area contributed by atoms with Gasteiger partial charge < -0.3 is 15.2 Å².